The standard InChI is InChI=1S/C13H12N2O4S/c14-7-9-3-1-2-4-11(9)20(18,19)8-10-5-6-12(16)15-13(10)17/h1-4,10H,5-6,8H2,(H,15,16,17). The van der Waals surface area contributed by atoms with E-state index >= 15 is 0 Å². The number of nitrogens with zero attached hydrogens (tertiary/aromatic N) is 1. The van der Waals surface area contributed by atoms with Gasteiger partial charge in [0.15, 0.2) is 9.84 Å². The van der Waals surface area contributed by atoms with Gasteiger partial charge in [-0.05, 0) is 18.6 Å². The lowest BCUT2D eigenvalue weighted by atomic mass is 10.0. The Labute approximate surface area is 116 Å². The highest BCUT2D eigenvalue weighted by Gasteiger charge is 2.32. The molecule has 1 aliphatic heterocycles. The summed E-state index contributed by atoms with van der Waals surface area (Å²) < 4.78 is 24.6. The van der Waals surface area contributed by atoms with Crippen molar-refractivity contribution in [1.82, 2.24) is 5.32 Å². The van der Waals surface area contributed by atoms with Crippen molar-refractivity contribution in [1.29, 1.82) is 5.26 Å². The molecule has 1 unspecified atom stereocenters. The van der Waals surface area contributed by atoms with Gasteiger partial charge in [-0.15, -0.1) is 0 Å². The second-order valence-electron chi connectivity index (χ2n) is 4.54. The normalized spacial score (nSPS) is 19.2. The second-order valence-corrected chi connectivity index (χ2v) is 6.54. The first-order valence-corrected chi connectivity index (χ1v) is 7.65. The van der Waals surface area contributed by atoms with Gasteiger partial charge >= 0.3 is 0 Å². The largest absolute Gasteiger partial charge is 0.296 e. The first kappa shape index (κ1) is 14.2. The van der Waals surface area contributed by atoms with Gasteiger partial charge in [-0.1, -0.05) is 12.1 Å². The molecule has 0 radical (unpaired) electrons. The summed E-state index contributed by atoms with van der Waals surface area (Å²) in [4.78, 5) is 22.6. The molecule has 1 atom stereocenters. The molecule has 20 heavy (non-hydrogen) atoms. The van der Waals surface area contributed by atoms with Gasteiger partial charge in [0.1, 0.15) is 6.07 Å². The highest BCUT2D eigenvalue weighted by atomic mass is 32.2. The summed E-state index contributed by atoms with van der Waals surface area (Å²) >= 11 is 0. The van der Waals surface area contributed by atoms with Crippen LogP contribution in [0.5, 0.6) is 0 Å². The van der Waals surface area contributed by atoms with Crippen molar-refractivity contribution in [2.24, 2.45) is 5.92 Å². The maximum atomic E-state index is 12.3. The van der Waals surface area contributed by atoms with Crippen molar-refractivity contribution in [2.45, 2.75) is 17.7 Å². The van der Waals surface area contributed by atoms with Gasteiger partial charge in [0, 0.05) is 6.42 Å². The van der Waals surface area contributed by atoms with Gasteiger partial charge in [0.25, 0.3) is 0 Å². The number of imide groups is 1. The maximum Gasteiger partial charge on any atom is 0.230 e. The number of hydrogen-bond acceptors (Lipinski definition) is 5. The smallest absolute Gasteiger partial charge is 0.230 e. The first-order valence-electron chi connectivity index (χ1n) is 5.99. The Balaban J connectivity index is 2.26. The molecule has 0 aliphatic carbocycles. The number of piperidine rings is 1. The molecule has 1 aromatic rings. The summed E-state index contributed by atoms with van der Waals surface area (Å²) in [7, 11) is -3.75. The molecule has 0 saturated carbocycles. The average Bonchev–Trinajstić information content (AvgIpc) is 2.42. The number of rotatable bonds is 3. The predicted octanol–water partition coefficient (Wildman–Crippen LogP) is 0.385. The minimum Gasteiger partial charge on any atom is -0.296 e. The molecular formula is C13H12N2O4S. The Morgan fingerprint density at radius 1 is 1.30 bits per heavy atom. The van der Waals surface area contributed by atoms with Crippen LogP contribution in [-0.4, -0.2) is 26.0 Å². The summed E-state index contributed by atoms with van der Waals surface area (Å²) in [5.74, 6) is -2.12. The van der Waals surface area contributed by atoms with E-state index in [1.807, 2.05) is 6.07 Å². The summed E-state index contributed by atoms with van der Waals surface area (Å²) in [6, 6.07) is 7.68. The highest BCUT2D eigenvalue weighted by Crippen LogP contribution is 2.22. The van der Waals surface area contributed by atoms with Crippen LogP contribution in [0, 0.1) is 17.2 Å². The van der Waals surface area contributed by atoms with Crippen LogP contribution in [0.4, 0.5) is 0 Å². The minimum atomic E-state index is -3.75. The predicted molar refractivity (Wildman–Crippen MR) is 69.1 cm³/mol. The number of nitrogens with one attached hydrogen (secondary N) is 1. The lowest BCUT2D eigenvalue weighted by Crippen LogP contribution is -2.43. The van der Waals surface area contributed by atoms with Gasteiger partial charge in [-0.25, -0.2) is 8.42 Å². The topological polar surface area (TPSA) is 104 Å². The number of hydrogen-bond donors (Lipinski definition) is 1. The minimum absolute atomic E-state index is 0.0554. The van der Waals surface area contributed by atoms with Crippen molar-refractivity contribution in [3.63, 3.8) is 0 Å². The van der Waals surface area contributed by atoms with E-state index in [0.717, 1.165) is 0 Å². The fourth-order valence-electron chi connectivity index (χ4n) is 2.08. The Bertz CT molecular complexity index is 703. The van der Waals surface area contributed by atoms with Gasteiger partial charge < -0.3 is 0 Å². The van der Waals surface area contributed by atoms with Crippen LogP contribution in [0.1, 0.15) is 18.4 Å². The van der Waals surface area contributed by atoms with E-state index in [4.69, 9.17) is 5.26 Å². The third-order valence-corrected chi connectivity index (χ3v) is 4.98. The molecular weight excluding hydrogens is 280 g/mol. The summed E-state index contributed by atoms with van der Waals surface area (Å²) in [5.41, 5.74) is 0.0554. The van der Waals surface area contributed by atoms with E-state index in [0.29, 0.717) is 0 Å². The third-order valence-electron chi connectivity index (χ3n) is 3.12. The Hall–Kier alpha value is -2.20. The Morgan fingerprint density at radius 2 is 2.00 bits per heavy atom. The van der Waals surface area contributed by atoms with Crippen LogP contribution in [0.25, 0.3) is 0 Å². The van der Waals surface area contributed by atoms with E-state index in [-0.39, 0.29) is 29.2 Å². The van der Waals surface area contributed by atoms with Crippen LogP contribution >= 0.6 is 0 Å². The zero-order valence-electron chi connectivity index (χ0n) is 10.5. The van der Waals surface area contributed by atoms with Crippen LogP contribution in [0.15, 0.2) is 29.2 Å². The van der Waals surface area contributed by atoms with Crippen LogP contribution in [-0.2, 0) is 19.4 Å². The van der Waals surface area contributed by atoms with E-state index in [2.05, 4.69) is 5.32 Å². The fraction of sp³-hybridized carbons (Fsp3) is 0.308. The first-order chi connectivity index (χ1) is 9.44. The van der Waals surface area contributed by atoms with Crippen LogP contribution < -0.4 is 5.32 Å². The molecule has 2 amide bonds. The summed E-state index contributed by atoms with van der Waals surface area (Å²) in [6.07, 6.45) is 0.338. The monoisotopic (exact) mass is 292 g/mol. The van der Waals surface area contributed by atoms with Crippen molar-refractivity contribution >= 4 is 21.7 Å². The quantitative estimate of drug-likeness (QED) is 0.811. The summed E-state index contributed by atoms with van der Waals surface area (Å²) in [5, 5.41) is 11.1. The molecule has 1 N–H and O–H groups in total. The lowest BCUT2D eigenvalue weighted by molar-refractivity contribution is -0.135. The highest BCUT2D eigenvalue weighted by molar-refractivity contribution is 7.91. The zero-order valence-corrected chi connectivity index (χ0v) is 11.3. The molecule has 1 aromatic carbocycles. The molecule has 0 aromatic heterocycles. The third kappa shape index (κ3) is 2.86. The summed E-state index contributed by atoms with van der Waals surface area (Å²) in [6.45, 7) is 0. The fourth-order valence-corrected chi connectivity index (χ4v) is 3.84. The molecule has 0 spiro atoms. The molecule has 1 aliphatic rings. The molecule has 6 nitrogen and oxygen atoms in total. The Morgan fingerprint density at radius 3 is 2.65 bits per heavy atom. The maximum absolute atomic E-state index is 12.3. The van der Waals surface area contributed by atoms with E-state index in [9.17, 15) is 18.0 Å². The molecule has 1 fully saturated rings. The number of carbonyl (C=O) groups is 2. The molecule has 2 rings (SSSR count). The number of benzene rings is 1. The van der Waals surface area contributed by atoms with Gasteiger partial charge in [0.2, 0.25) is 11.8 Å². The Kier molecular flexibility index (Phi) is 3.86. The number of amides is 2. The van der Waals surface area contributed by atoms with Crippen molar-refractivity contribution in [2.75, 3.05) is 5.75 Å². The SMILES string of the molecule is N#Cc1ccccc1S(=O)(=O)CC1CCC(=O)NC1=O. The average molecular weight is 292 g/mol. The number of carbonyl (C=O) groups excluding carboxylic acids is 2. The lowest BCUT2D eigenvalue weighted by Gasteiger charge is -2.20. The van der Waals surface area contributed by atoms with Crippen LogP contribution in [0.3, 0.4) is 0 Å². The molecule has 0 bridgehead atoms. The van der Waals surface area contributed by atoms with Gasteiger partial charge in [-0.2, -0.15) is 5.26 Å². The van der Waals surface area contributed by atoms with Crippen LogP contribution in [0.2, 0.25) is 0 Å². The number of sulfone groups is 1. The van der Waals surface area contributed by atoms with Crippen molar-refractivity contribution in [3.8, 4) is 6.07 Å². The van der Waals surface area contributed by atoms with Crippen molar-refractivity contribution in [3.05, 3.63) is 29.8 Å². The molecule has 1 heterocycles. The molecule has 1 saturated heterocycles. The molecule has 104 valence electrons. The number of nitriles is 1. The van der Waals surface area contributed by atoms with E-state index in [1.54, 1.807) is 6.07 Å². The zero-order chi connectivity index (χ0) is 14.8. The van der Waals surface area contributed by atoms with E-state index < -0.39 is 27.4 Å². The van der Waals surface area contributed by atoms with E-state index in [1.165, 1.54) is 18.2 Å². The molecule has 7 heteroatoms. The van der Waals surface area contributed by atoms with Crippen molar-refractivity contribution < 1.29 is 18.0 Å². The second kappa shape index (κ2) is 5.43. The van der Waals surface area contributed by atoms with Gasteiger partial charge in [-0.3, -0.25) is 14.9 Å². The van der Waals surface area contributed by atoms with Gasteiger partial charge in [0.05, 0.1) is 22.1 Å².